The molecule has 0 saturated heterocycles. The fourth-order valence-electron chi connectivity index (χ4n) is 3.62. The summed E-state index contributed by atoms with van der Waals surface area (Å²) in [7, 11) is -3.43. The molecule has 1 aliphatic rings. The minimum absolute atomic E-state index is 0.0128. The quantitative estimate of drug-likeness (QED) is 0.686. The number of amides is 1. The Hall–Kier alpha value is -3.12. The first-order valence-electron chi connectivity index (χ1n) is 9.59. The molecular formula is C23H22N2O3S. The van der Waals surface area contributed by atoms with Gasteiger partial charge >= 0.3 is 0 Å². The van der Waals surface area contributed by atoms with Crippen LogP contribution in [0.15, 0.2) is 72.8 Å². The highest BCUT2D eigenvalue weighted by Crippen LogP contribution is 2.41. The third kappa shape index (κ3) is 3.76. The molecule has 0 radical (unpaired) electrons. The number of rotatable bonds is 5. The summed E-state index contributed by atoms with van der Waals surface area (Å²) in [6.45, 7) is 2.02. The number of carbonyl (C=O) groups is 1. The van der Waals surface area contributed by atoms with E-state index in [0.717, 1.165) is 16.7 Å². The topological polar surface area (TPSA) is 66.5 Å². The highest BCUT2D eigenvalue weighted by Gasteiger charge is 2.31. The lowest BCUT2D eigenvalue weighted by molar-refractivity contribution is 0.102. The number of fused-ring (bicyclic) bond motifs is 1. The average molecular weight is 407 g/mol. The Morgan fingerprint density at radius 1 is 0.966 bits per heavy atom. The second-order valence-electron chi connectivity index (χ2n) is 6.94. The zero-order valence-electron chi connectivity index (χ0n) is 16.1. The van der Waals surface area contributed by atoms with Gasteiger partial charge in [-0.15, -0.1) is 0 Å². The van der Waals surface area contributed by atoms with Gasteiger partial charge in [0, 0.05) is 12.1 Å². The second-order valence-corrected chi connectivity index (χ2v) is 9.12. The fraction of sp³-hybridized carbons (Fsp3) is 0.174. The number of hydrogen-bond donors (Lipinski definition) is 1. The molecule has 3 aromatic rings. The Kier molecular flexibility index (Phi) is 5.11. The maximum atomic E-state index is 12.8. The average Bonchev–Trinajstić information content (AvgIpc) is 3.20. The van der Waals surface area contributed by atoms with Crippen LogP contribution < -0.4 is 9.62 Å². The summed E-state index contributed by atoms with van der Waals surface area (Å²) >= 11 is 0. The number of nitrogens with zero attached hydrogens (tertiary/aromatic N) is 1. The summed E-state index contributed by atoms with van der Waals surface area (Å²) < 4.78 is 26.7. The van der Waals surface area contributed by atoms with Crippen molar-refractivity contribution in [3.63, 3.8) is 0 Å². The van der Waals surface area contributed by atoms with Crippen molar-refractivity contribution in [3.05, 3.63) is 83.9 Å². The Balaban J connectivity index is 1.83. The molecule has 0 fully saturated rings. The first kappa shape index (κ1) is 19.2. The van der Waals surface area contributed by atoms with Crippen LogP contribution in [-0.2, 0) is 16.4 Å². The maximum absolute atomic E-state index is 12.8. The van der Waals surface area contributed by atoms with Crippen molar-refractivity contribution in [3.8, 4) is 11.1 Å². The summed E-state index contributed by atoms with van der Waals surface area (Å²) in [6.07, 6.45) is 0.615. The molecule has 29 heavy (non-hydrogen) atoms. The van der Waals surface area contributed by atoms with Crippen molar-refractivity contribution in [2.45, 2.75) is 13.3 Å². The predicted molar refractivity (Wildman–Crippen MR) is 117 cm³/mol. The van der Waals surface area contributed by atoms with Crippen LogP contribution >= 0.6 is 0 Å². The summed E-state index contributed by atoms with van der Waals surface area (Å²) in [5.41, 5.74) is 4.51. The van der Waals surface area contributed by atoms with Gasteiger partial charge in [-0.3, -0.25) is 9.10 Å². The molecule has 4 rings (SSSR count). The van der Waals surface area contributed by atoms with E-state index in [0.29, 0.717) is 29.9 Å². The smallest absolute Gasteiger partial charge is 0.255 e. The highest BCUT2D eigenvalue weighted by molar-refractivity contribution is 7.92. The van der Waals surface area contributed by atoms with Gasteiger partial charge in [0.1, 0.15) is 0 Å². The minimum Gasteiger partial charge on any atom is -0.320 e. The van der Waals surface area contributed by atoms with Crippen LogP contribution in [0.1, 0.15) is 22.8 Å². The molecule has 0 atom stereocenters. The summed E-state index contributed by atoms with van der Waals surface area (Å²) in [5, 5.41) is 2.95. The molecule has 0 spiro atoms. The Bertz CT molecular complexity index is 1140. The zero-order valence-corrected chi connectivity index (χ0v) is 16.9. The molecule has 0 saturated carbocycles. The molecule has 0 bridgehead atoms. The van der Waals surface area contributed by atoms with E-state index in [2.05, 4.69) is 5.32 Å². The lowest BCUT2D eigenvalue weighted by Crippen LogP contribution is -2.31. The monoisotopic (exact) mass is 406 g/mol. The minimum atomic E-state index is -3.43. The van der Waals surface area contributed by atoms with Crippen LogP contribution in [0, 0.1) is 0 Å². The van der Waals surface area contributed by atoms with Crippen molar-refractivity contribution in [1.29, 1.82) is 0 Å². The van der Waals surface area contributed by atoms with Crippen LogP contribution in [0.4, 0.5) is 11.4 Å². The number of carbonyl (C=O) groups excluding carboxylic acids is 1. The Morgan fingerprint density at radius 2 is 1.62 bits per heavy atom. The van der Waals surface area contributed by atoms with Crippen molar-refractivity contribution in [2.75, 3.05) is 21.9 Å². The van der Waals surface area contributed by atoms with Crippen molar-refractivity contribution >= 4 is 27.3 Å². The van der Waals surface area contributed by atoms with E-state index in [1.807, 2.05) is 48.5 Å². The second kappa shape index (κ2) is 7.72. The van der Waals surface area contributed by atoms with Crippen LogP contribution in [0.3, 0.4) is 0 Å². The molecule has 1 aliphatic heterocycles. The molecule has 1 amide bonds. The largest absolute Gasteiger partial charge is 0.320 e. The number of nitrogens with one attached hydrogen (secondary N) is 1. The molecule has 0 unspecified atom stereocenters. The van der Waals surface area contributed by atoms with E-state index in [1.54, 1.807) is 31.2 Å². The van der Waals surface area contributed by atoms with Gasteiger partial charge < -0.3 is 5.32 Å². The number of benzene rings is 3. The third-order valence-corrected chi connectivity index (χ3v) is 6.88. The lowest BCUT2D eigenvalue weighted by Gasteiger charge is -2.22. The standard InChI is InChI=1S/C23H22N2O3S/c1-2-29(27,28)25-14-13-19-15-20(17-9-5-3-6-10-17)16-21(22(19)25)24-23(26)18-11-7-4-8-12-18/h3-12,15-16H,2,13-14H2,1H3,(H,24,26). The molecule has 1 N–H and O–H groups in total. The first-order valence-corrected chi connectivity index (χ1v) is 11.2. The van der Waals surface area contributed by atoms with Crippen LogP contribution in [0.25, 0.3) is 11.1 Å². The molecular weight excluding hydrogens is 384 g/mol. The van der Waals surface area contributed by atoms with Gasteiger partial charge in [0.15, 0.2) is 0 Å². The van der Waals surface area contributed by atoms with E-state index in [-0.39, 0.29) is 11.7 Å². The third-order valence-electron chi connectivity index (χ3n) is 5.11. The predicted octanol–water partition coefficient (Wildman–Crippen LogP) is 4.32. The van der Waals surface area contributed by atoms with Crippen molar-refractivity contribution < 1.29 is 13.2 Å². The maximum Gasteiger partial charge on any atom is 0.255 e. The van der Waals surface area contributed by atoms with Crippen LogP contribution in [-0.4, -0.2) is 26.6 Å². The van der Waals surface area contributed by atoms with Gasteiger partial charge in [-0.2, -0.15) is 0 Å². The van der Waals surface area contributed by atoms with Crippen molar-refractivity contribution in [1.82, 2.24) is 0 Å². The van der Waals surface area contributed by atoms with E-state index in [1.165, 1.54) is 4.31 Å². The first-order chi connectivity index (χ1) is 14.0. The van der Waals surface area contributed by atoms with Gasteiger partial charge in [0.25, 0.3) is 5.91 Å². The number of anilines is 2. The van der Waals surface area contributed by atoms with E-state index < -0.39 is 10.0 Å². The molecule has 3 aromatic carbocycles. The van der Waals surface area contributed by atoms with E-state index in [4.69, 9.17) is 0 Å². The summed E-state index contributed by atoms with van der Waals surface area (Å²) in [5.74, 6) is -0.252. The molecule has 1 heterocycles. The normalized spacial score (nSPS) is 13.2. The van der Waals surface area contributed by atoms with Crippen LogP contribution in [0.5, 0.6) is 0 Å². The van der Waals surface area contributed by atoms with E-state index in [9.17, 15) is 13.2 Å². The summed E-state index contributed by atoms with van der Waals surface area (Å²) in [4.78, 5) is 12.8. The molecule has 0 aliphatic carbocycles. The van der Waals surface area contributed by atoms with Gasteiger partial charge in [0.05, 0.1) is 17.1 Å². The van der Waals surface area contributed by atoms with Crippen LogP contribution in [0.2, 0.25) is 0 Å². The fourth-order valence-corrected chi connectivity index (χ4v) is 4.80. The molecule has 6 heteroatoms. The number of hydrogen-bond acceptors (Lipinski definition) is 3. The van der Waals surface area contributed by atoms with E-state index >= 15 is 0 Å². The SMILES string of the molecule is CCS(=O)(=O)N1CCc2cc(-c3ccccc3)cc(NC(=O)c3ccccc3)c21. The highest BCUT2D eigenvalue weighted by atomic mass is 32.2. The molecule has 5 nitrogen and oxygen atoms in total. The number of sulfonamides is 1. The van der Waals surface area contributed by atoms with Gasteiger partial charge in [0.2, 0.25) is 10.0 Å². The zero-order chi connectivity index (χ0) is 20.4. The Labute approximate surface area is 171 Å². The van der Waals surface area contributed by atoms with Crippen molar-refractivity contribution in [2.24, 2.45) is 0 Å². The molecule has 148 valence electrons. The van der Waals surface area contributed by atoms with Gasteiger partial charge in [-0.1, -0.05) is 48.5 Å². The van der Waals surface area contributed by atoms with Gasteiger partial charge in [-0.25, -0.2) is 8.42 Å². The van der Waals surface area contributed by atoms with Gasteiger partial charge in [-0.05, 0) is 54.3 Å². The molecule has 0 aromatic heterocycles. The summed E-state index contributed by atoms with van der Waals surface area (Å²) in [6, 6.07) is 22.7. The Morgan fingerprint density at radius 3 is 2.28 bits per heavy atom. The lowest BCUT2D eigenvalue weighted by atomic mass is 10.00.